The number of amides is 1. The number of ether oxygens (including phenoxy) is 2. The van der Waals surface area contributed by atoms with Crippen LogP contribution in [0.15, 0.2) is 56.8 Å². The van der Waals surface area contributed by atoms with E-state index in [0.29, 0.717) is 55.2 Å². The number of nitrogens with zero attached hydrogens (tertiary/aromatic N) is 4. The van der Waals surface area contributed by atoms with Crippen LogP contribution in [0.2, 0.25) is 0 Å². The monoisotopic (exact) mass is 512 g/mol. The number of aromatic nitrogens is 2. The van der Waals surface area contributed by atoms with Crippen LogP contribution in [0.25, 0.3) is 10.9 Å². The number of benzene rings is 2. The largest absolute Gasteiger partial charge is 0.484 e. The zero-order valence-electron chi connectivity index (χ0n) is 18.4. The fourth-order valence-electron chi connectivity index (χ4n) is 3.52. The Kier molecular flexibility index (Phi) is 7.51. The fraction of sp³-hybridized carbons (Fsp3) is 0.333. The van der Waals surface area contributed by atoms with Crippen molar-refractivity contribution in [3.05, 3.63) is 68.7 Å². The van der Waals surface area contributed by atoms with E-state index in [1.54, 1.807) is 29.3 Å². The Balaban J connectivity index is 1.48. The van der Waals surface area contributed by atoms with Gasteiger partial charge in [-0.1, -0.05) is 22.9 Å². The lowest BCUT2D eigenvalue weighted by Gasteiger charge is -2.26. The molecule has 1 fully saturated rings. The quantitative estimate of drug-likeness (QED) is 0.453. The molecule has 172 valence electrons. The normalized spacial score (nSPS) is 14.2. The van der Waals surface area contributed by atoms with Crippen molar-refractivity contribution < 1.29 is 14.3 Å². The molecule has 3 aromatic rings. The highest BCUT2D eigenvalue weighted by molar-refractivity contribution is 9.10. The lowest BCUT2D eigenvalue weighted by Crippen LogP contribution is -2.42. The molecule has 1 amide bonds. The van der Waals surface area contributed by atoms with Gasteiger partial charge in [0.05, 0.1) is 30.3 Å². The second-order valence-electron chi connectivity index (χ2n) is 7.65. The van der Waals surface area contributed by atoms with Crippen LogP contribution in [-0.4, -0.2) is 59.6 Å². The van der Waals surface area contributed by atoms with Crippen molar-refractivity contribution >= 4 is 39.0 Å². The van der Waals surface area contributed by atoms with E-state index in [9.17, 15) is 9.59 Å². The van der Waals surface area contributed by atoms with Gasteiger partial charge in [0.15, 0.2) is 6.61 Å². The van der Waals surface area contributed by atoms with Gasteiger partial charge in [-0.15, -0.1) is 0 Å². The summed E-state index contributed by atoms with van der Waals surface area (Å²) in [4.78, 5) is 31.6. The molecule has 9 heteroatoms. The van der Waals surface area contributed by atoms with Crippen LogP contribution in [-0.2, 0) is 16.0 Å². The Labute approximate surface area is 200 Å². The molecule has 1 aliphatic heterocycles. The van der Waals surface area contributed by atoms with Crippen molar-refractivity contribution in [3.8, 4) is 5.75 Å². The molecular weight excluding hydrogens is 488 g/mol. The predicted molar refractivity (Wildman–Crippen MR) is 130 cm³/mol. The first kappa shape index (κ1) is 23.1. The fourth-order valence-corrected chi connectivity index (χ4v) is 3.88. The number of hydrogen-bond donors (Lipinski definition) is 0. The van der Waals surface area contributed by atoms with Gasteiger partial charge >= 0.3 is 0 Å². The third kappa shape index (κ3) is 5.66. The minimum atomic E-state index is -0.206. The third-order valence-corrected chi connectivity index (χ3v) is 5.77. The molecule has 0 N–H and O–H groups in total. The van der Waals surface area contributed by atoms with Crippen molar-refractivity contribution in [2.45, 2.75) is 19.8 Å². The summed E-state index contributed by atoms with van der Waals surface area (Å²) in [5.74, 6) is 1.16. The van der Waals surface area contributed by atoms with E-state index < -0.39 is 0 Å². The van der Waals surface area contributed by atoms with E-state index in [4.69, 9.17) is 9.47 Å². The first-order valence-electron chi connectivity index (χ1n) is 10.9. The molecule has 0 saturated carbocycles. The average molecular weight is 513 g/mol. The molecule has 2 aromatic carbocycles. The Morgan fingerprint density at radius 2 is 1.97 bits per heavy atom. The Morgan fingerprint density at radius 3 is 2.70 bits per heavy atom. The van der Waals surface area contributed by atoms with Gasteiger partial charge < -0.3 is 14.4 Å². The highest BCUT2D eigenvalue weighted by Gasteiger charge is 2.17. The molecule has 0 aliphatic carbocycles. The highest BCUT2D eigenvalue weighted by Crippen LogP contribution is 2.17. The number of carbonyl (C=O) groups excluding carboxylic acids is 1. The summed E-state index contributed by atoms with van der Waals surface area (Å²) in [7, 11) is 0. The number of halogens is 1. The first-order chi connectivity index (χ1) is 16.0. The van der Waals surface area contributed by atoms with Crippen LogP contribution < -0.4 is 10.3 Å². The van der Waals surface area contributed by atoms with Crippen molar-refractivity contribution in [2.75, 3.05) is 32.9 Å². The van der Waals surface area contributed by atoms with Crippen molar-refractivity contribution in [2.24, 2.45) is 5.10 Å². The summed E-state index contributed by atoms with van der Waals surface area (Å²) in [5.41, 5.74) is 1.25. The highest BCUT2D eigenvalue weighted by atomic mass is 79.9. The molecule has 4 rings (SSSR count). The van der Waals surface area contributed by atoms with Crippen LogP contribution in [0.3, 0.4) is 0 Å². The van der Waals surface area contributed by atoms with Gasteiger partial charge in [-0.3, -0.25) is 9.59 Å². The molecule has 0 unspecified atom stereocenters. The van der Waals surface area contributed by atoms with E-state index in [1.165, 1.54) is 4.68 Å². The van der Waals surface area contributed by atoms with Crippen LogP contribution >= 0.6 is 15.9 Å². The first-order valence-corrected chi connectivity index (χ1v) is 11.7. The summed E-state index contributed by atoms with van der Waals surface area (Å²) in [6.45, 7) is 4.34. The zero-order chi connectivity index (χ0) is 23.2. The maximum atomic E-state index is 13.1. The summed E-state index contributed by atoms with van der Waals surface area (Å²) >= 11 is 3.41. The van der Waals surface area contributed by atoms with Crippen LogP contribution in [0.4, 0.5) is 0 Å². The van der Waals surface area contributed by atoms with Gasteiger partial charge in [-0.05, 0) is 54.4 Å². The van der Waals surface area contributed by atoms with E-state index in [0.717, 1.165) is 16.5 Å². The Hall–Kier alpha value is -3.04. The summed E-state index contributed by atoms with van der Waals surface area (Å²) in [6, 6.07) is 12.7. The summed E-state index contributed by atoms with van der Waals surface area (Å²) in [5, 5.41) is 4.94. The average Bonchev–Trinajstić information content (AvgIpc) is 2.84. The molecule has 0 spiro atoms. The van der Waals surface area contributed by atoms with E-state index in [1.807, 2.05) is 31.2 Å². The van der Waals surface area contributed by atoms with Gasteiger partial charge in [-0.25, -0.2) is 4.98 Å². The summed E-state index contributed by atoms with van der Waals surface area (Å²) in [6.07, 6.45) is 3.11. The topological polar surface area (TPSA) is 86.0 Å². The summed E-state index contributed by atoms with van der Waals surface area (Å²) < 4.78 is 13.1. The van der Waals surface area contributed by atoms with Crippen molar-refractivity contribution in [1.82, 2.24) is 14.6 Å². The standard InChI is InChI=1S/C24H25BrN4O4/c1-2-3-22-27-21-9-6-18(25)14-20(21)24(31)29(22)26-15-17-4-7-19(8-5-17)33-16-23(30)28-10-12-32-13-11-28/h4-9,14-15H,2-3,10-13,16H2,1H3. The van der Waals surface area contributed by atoms with Crippen molar-refractivity contribution in [3.63, 3.8) is 0 Å². The molecule has 2 heterocycles. The second kappa shape index (κ2) is 10.7. The minimum absolute atomic E-state index is 0.0124. The molecule has 33 heavy (non-hydrogen) atoms. The SMILES string of the molecule is CCCc1nc2ccc(Br)cc2c(=O)n1N=Cc1ccc(OCC(=O)N2CCOCC2)cc1. The van der Waals surface area contributed by atoms with Gasteiger partial charge in [0.1, 0.15) is 11.6 Å². The van der Waals surface area contributed by atoms with Gasteiger partial charge in [0.2, 0.25) is 0 Å². The van der Waals surface area contributed by atoms with Gasteiger partial charge in [-0.2, -0.15) is 9.78 Å². The number of fused-ring (bicyclic) bond motifs is 1. The predicted octanol–water partition coefficient (Wildman–Crippen LogP) is 3.23. The molecule has 1 aromatic heterocycles. The zero-order valence-corrected chi connectivity index (χ0v) is 20.0. The second-order valence-corrected chi connectivity index (χ2v) is 8.57. The van der Waals surface area contributed by atoms with Crippen LogP contribution in [0, 0.1) is 0 Å². The number of carbonyl (C=O) groups is 1. The van der Waals surface area contributed by atoms with E-state index in [-0.39, 0.29) is 18.1 Å². The number of rotatable bonds is 7. The van der Waals surface area contributed by atoms with Crippen LogP contribution in [0.1, 0.15) is 24.7 Å². The van der Waals surface area contributed by atoms with Crippen molar-refractivity contribution in [1.29, 1.82) is 0 Å². The Bertz CT molecular complexity index is 1220. The lowest BCUT2D eigenvalue weighted by molar-refractivity contribution is -0.137. The molecule has 0 radical (unpaired) electrons. The van der Waals surface area contributed by atoms with Gasteiger partial charge in [0.25, 0.3) is 11.5 Å². The Morgan fingerprint density at radius 1 is 1.21 bits per heavy atom. The molecule has 8 nitrogen and oxygen atoms in total. The number of aryl methyl sites for hydroxylation is 1. The number of hydrogen-bond acceptors (Lipinski definition) is 6. The molecular formula is C24H25BrN4O4. The van der Waals surface area contributed by atoms with Gasteiger partial charge in [0, 0.05) is 24.0 Å². The third-order valence-electron chi connectivity index (χ3n) is 5.28. The molecule has 0 bridgehead atoms. The smallest absolute Gasteiger partial charge is 0.282 e. The molecule has 0 atom stereocenters. The molecule has 1 aliphatic rings. The van der Waals surface area contributed by atoms with E-state index in [2.05, 4.69) is 26.0 Å². The maximum Gasteiger partial charge on any atom is 0.282 e. The minimum Gasteiger partial charge on any atom is -0.484 e. The van der Waals surface area contributed by atoms with E-state index >= 15 is 0 Å². The number of morpholine rings is 1. The maximum absolute atomic E-state index is 13.1. The molecule has 1 saturated heterocycles. The lowest BCUT2D eigenvalue weighted by atomic mass is 10.2. The van der Waals surface area contributed by atoms with Crippen LogP contribution in [0.5, 0.6) is 5.75 Å².